The summed E-state index contributed by atoms with van der Waals surface area (Å²) in [6.07, 6.45) is -4.51. The van der Waals surface area contributed by atoms with Crippen molar-refractivity contribution < 1.29 is 31.5 Å². The Morgan fingerprint density at radius 3 is 2.48 bits per heavy atom. The molecule has 134 valence electrons. The van der Waals surface area contributed by atoms with Gasteiger partial charge < -0.3 is 10.1 Å². The number of hydrogen-bond donors (Lipinski definition) is 1. The normalized spacial score (nSPS) is 12.6. The highest BCUT2D eigenvalue weighted by atomic mass is 19.4. The van der Waals surface area contributed by atoms with Gasteiger partial charge in [-0.1, -0.05) is 12.1 Å². The van der Waals surface area contributed by atoms with Gasteiger partial charge in [-0.3, -0.25) is 4.79 Å². The van der Waals surface area contributed by atoms with Crippen molar-refractivity contribution in [3.63, 3.8) is 0 Å². The fourth-order valence-electron chi connectivity index (χ4n) is 2.06. The summed E-state index contributed by atoms with van der Waals surface area (Å²) >= 11 is 0. The molecule has 3 nitrogen and oxygen atoms in total. The van der Waals surface area contributed by atoms with Crippen molar-refractivity contribution in [1.29, 1.82) is 0 Å². The second kappa shape index (κ2) is 7.50. The van der Waals surface area contributed by atoms with Crippen LogP contribution >= 0.6 is 0 Å². The molecule has 0 spiro atoms. The number of rotatable bonds is 5. The van der Waals surface area contributed by atoms with Crippen LogP contribution in [0.5, 0.6) is 5.75 Å². The number of carbonyl (C=O) groups is 1. The third-order valence-electron chi connectivity index (χ3n) is 3.35. The topological polar surface area (TPSA) is 38.3 Å². The van der Waals surface area contributed by atoms with Gasteiger partial charge in [0, 0.05) is 0 Å². The van der Waals surface area contributed by atoms with Crippen LogP contribution in [0.4, 0.5) is 22.0 Å². The highest BCUT2D eigenvalue weighted by molar-refractivity contribution is 5.78. The Balaban J connectivity index is 1.93. The van der Waals surface area contributed by atoms with Crippen LogP contribution < -0.4 is 10.1 Å². The van der Waals surface area contributed by atoms with Crippen molar-refractivity contribution in [2.75, 3.05) is 6.61 Å². The van der Waals surface area contributed by atoms with Gasteiger partial charge in [-0.15, -0.1) is 0 Å². The third-order valence-corrected chi connectivity index (χ3v) is 3.35. The summed E-state index contributed by atoms with van der Waals surface area (Å²) in [4.78, 5) is 11.8. The molecule has 1 atom stereocenters. The van der Waals surface area contributed by atoms with Crippen molar-refractivity contribution in [2.45, 2.75) is 19.1 Å². The van der Waals surface area contributed by atoms with Crippen LogP contribution in [-0.4, -0.2) is 12.5 Å². The average molecular weight is 359 g/mol. The van der Waals surface area contributed by atoms with Crippen LogP contribution in [0.2, 0.25) is 0 Å². The van der Waals surface area contributed by atoms with Crippen LogP contribution in [0.1, 0.15) is 24.1 Å². The molecule has 25 heavy (non-hydrogen) atoms. The molecule has 0 aliphatic heterocycles. The SMILES string of the molecule is CC(NC(=O)COc1cccc(C(F)(F)F)c1)c1ccc(F)c(F)c1. The summed E-state index contributed by atoms with van der Waals surface area (Å²) in [7, 11) is 0. The van der Waals surface area contributed by atoms with Crippen LogP contribution in [0.15, 0.2) is 42.5 Å². The van der Waals surface area contributed by atoms with Gasteiger partial charge in [-0.2, -0.15) is 13.2 Å². The molecule has 0 saturated heterocycles. The quantitative estimate of drug-likeness (QED) is 0.811. The summed E-state index contributed by atoms with van der Waals surface area (Å²) in [6.45, 7) is 1.03. The van der Waals surface area contributed by atoms with E-state index in [9.17, 15) is 26.7 Å². The number of carbonyl (C=O) groups excluding carboxylic acids is 1. The highest BCUT2D eigenvalue weighted by Gasteiger charge is 2.30. The van der Waals surface area contributed by atoms with E-state index in [1.807, 2.05) is 0 Å². The Bertz CT molecular complexity index is 761. The van der Waals surface area contributed by atoms with Gasteiger partial charge in [-0.25, -0.2) is 8.78 Å². The van der Waals surface area contributed by atoms with Gasteiger partial charge in [0.2, 0.25) is 0 Å². The maximum absolute atomic E-state index is 13.2. The van der Waals surface area contributed by atoms with E-state index in [0.29, 0.717) is 5.56 Å². The Morgan fingerprint density at radius 1 is 1.12 bits per heavy atom. The number of amides is 1. The summed E-state index contributed by atoms with van der Waals surface area (Å²) < 4.78 is 68.9. The summed E-state index contributed by atoms with van der Waals surface area (Å²) in [5, 5.41) is 2.48. The van der Waals surface area contributed by atoms with E-state index in [2.05, 4.69) is 5.32 Å². The molecule has 0 saturated carbocycles. The molecule has 0 bridgehead atoms. The first-order chi connectivity index (χ1) is 11.7. The maximum Gasteiger partial charge on any atom is 0.416 e. The second-order valence-corrected chi connectivity index (χ2v) is 5.28. The van der Waals surface area contributed by atoms with Gasteiger partial charge in [0.05, 0.1) is 11.6 Å². The Labute approximate surface area is 140 Å². The molecule has 1 unspecified atom stereocenters. The van der Waals surface area contributed by atoms with Crippen LogP contribution in [0.25, 0.3) is 0 Å². The molecule has 0 fully saturated rings. The zero-order valence-electron chi connectivity index (χ0n) is 13.0. The fourth-order valence-corrected chi connectivity index (χ4v) is 2.06. The molecule has 2 rings (SSSR count). The van der Waals surface area contributed by atoms with Crippen molar-refractivity contribution in [3.8, 4) is 5.75 Å². The first-order valence-electron chi connectivity index (χ1n) is 7.21. The fraction of sp³-hybridized carbons (Fsp3) is 0.235. The molecular formula is C17H14F5NO2. The van der Waals surface area contributed by atoms with E-state index in [4.69, 9.17) is 4.74 Å². The van der Waals surface area contributed by atoms with Gasteiger partial charge in [0.1, 0.15) is 5.75 Å². The molecule has 2 aromatic carbocycles. The van der Waals surface area contributed by atoms with Gasteiger partial charge in [0.25, 0.3) is 5.91 Å². The lowest BCUT2D eigenvalue weighted by molar-refractivity contribution is -0.137. The zero-order valence-corrected chi connectivity index (χ0v) is 13.0. The van der Waals surface area contributed by atoms with Crippen LogP contribution in [0, 0.1) is 11.6 Å². The van der Waals surface area contributed by atoms with Gasteiger partial charge in [-0.05, 0) is 42.8 Å². The zero-order chi connectivity index (χ0) is 18.6. The second-order valence-electron chi connectivity index (χ2n) is 5.28. The molecule has 0 heterocycles. The molecule has 0 aromatic heterocycles. The standard InChI is InChI=1S/C17H14F5NO2/c1-10(11-5-6-14(18)15(19)7-11)23-16(24)9-25-13-4-2-3-12(8-13)17(20,21)22/h2-8,10H,9H2,1H3,(H,23,24). The lowest BCUT2D eigenvalue weighted by atomic mass is 10.1. The Hall–Kier alpha value is -2.64. The van der Waals surface area contributed by atoms with E-state index >= 15 is 0 Å². The molecule has 1 N–H and O–H groups in total. The minimum atomic E-state index is -4.51. The molecule has 8 heteroatoms. The minimum absolute atomic E-state index is 0.106. The lowest BCUT2D eigenvalue weighted by Gasteiger charge is -2.15. The molecular weight excluding hydrogens is 345 g/mol. The van der Waals surface area contributed by atoms with Crippen molar-refractivity contribution >= 4 is 5.91 Å². The third kappa shape index (κ3) is 5.17. The van der Waals surface area contributed by atoms with Crippen molar-refractivity contribution in [2.24, 2.45) is 0 Å². The molecule has 0 aliphatic carbocycles. The lowest BCUT2D eigenvalue weighted by Crippen LogP contribution is -2.31. The highest BCUT2D eigenvalue weighted by Crippen LogP contribution is 2.31. The smallest absolute Gasteiger partial charge is 0.416 e. The summed E-state index contributed by atoms with van der Waals surface area (Å²) in [6, 6.07) is 6.70. The van der Waals surface area contributed by atoms with Crippen LogP contribution in [0.3, 0.4) is 0 Å². The number of alkyl halides is 3. The van der Waals surface area contributed by atoms with E-state index < -0.39 is 41.9 Å². The van der Waals surface area contributed by atoms with Crippen molar-refractivity contribution in [3.05, 3.63) is 65.2 Å². The number of ether oxygens (including phenoxy) is 1. The Morgan fingerprint density at radius 2 is 1.84 bits per heavy atom. The minimum Gasteiger partial charge on any atom is -0.484 e. The molecule has 2 aromatic rings. The number of benzene rings is 2. The summed E-state index contributed by atoms with van der Waals surface area (Å²) in [5.41, 5.74) is -0.549. The van der Waals surface area contributed by atoms with E-state index in [-0.39, 0.29) is 5.75 Å². The predicted molar refractivity (Wildman–Crippen MR) is 79.9 cm³/mol. The van der Waals surface area contributed by atoms with Crippen LogP contribution in [-0.2, 0) is 11.0 Å². The first-order valence-corrected chi connectivity index (χ1v) is 7.21. The van der Waals surface area contributed by atoms with Gasteiger partial charge >= 0.3 is 6.18 Å². The monoisotopic (exact) mass is 359 g/mol. The summed E-state index contributed by atoms with van der Waals surface area (Å²) in [5.74, 6) is -2.77. The number of hydrogen-bond acceptors (Lipinski definition) is 2. The maximum atomic E-state index is 13.2. The van der Waals surface area contributed by atoms with E-state index in [1.165, 1.54) is 18.2 Å². The van der Waals surface area contributed by atoms with E-state index in [0.717, 1.165) is 24.3 Å². The average Bonchev–Trinajstić information content (AvgIpc) is 2.55. The number of halogens is 5. The molecule has 1 amide bonds. The molecule has 0 aliphatic rings. The molecule has 0 radical (unpaired) electrons. The number of nitrogens with one attached hydrogen (secondary N) is 1. The predicted octanol–water partition coefficient (Wildman–Crippen LogP) is 4.24. The largest absolute Gasteiger partial charge is 0.484 e. The van der Waals surface area contributed by atoms with Gasteiger partial charge in [0.15, 0.2) is 18.2 Å². The van der Waals surface area contributed by atoms with Crippen molar-refractivity contribution in [1.82, 2.24) is 5.32 Å². The van der Waals surface area contributed by atoms with E-state index in [1.54, 1.807) is 6.92 Å². The Kier molecular flexibility index (Phi) is 5.61. The first kappa shape index (κ1) is 18.7.